The quantitative estimate of drug-likeness (QED) is 0.563. The van der Waals surface area contributed by atoms with Gasteiger partial charge in [0.1, 0.15) is 0 Å². The van der Waals surface area contributed by atoms with Crippen molar-refractivity contribution in [2.45, 2.75) is 11.3 Å². The molecule has 0 saturated heterocycles. The Labute approximate surface area is 110 Å². The highest BCUT2D eigenvalue weighted by Gasteiger charge is 2.08. The van der Waals surface area contributed by atoms with Crippen LogP contribution < -0.4 is 0 Å². The minimum Gasteiger partial charge on any atom is -0.478 e. The van der Waals surface area contributed by atoms with Gasteiger partial charge >= 0.3 is 5.97 Å². The van der Waals surface area contributed by atoms with Gasteiger partial charge in [0.2, 0.25) is 0 Å². The molecule has 1 aromatic carbocycles. The average Bonchev–Trinajstić information content (AvgIpc) is 2.34. The van der Waals surface area contributed by atoms with Gasteiger partial charge in [-0.15, -0.1) is 11.8 Å². The molecule has 0 aliphatic carbocycles. The maximum absolute atomic E-state index is 11.0. The summed E-state index contributed by atoms with van der Waals surface area (Å²) in [6, 6.07) is 7.07. The second-order valence-electron chi connectivity index (χ2n) is 3.34. The second kappa shape index (κ2) is 8.44. The number of carboxylic acids is 1. The van der Waals surface area contributed by atoms with Crippen molar-refractivity contribution in [1.82, 2.24) is 0 Å². The SMILES string of the molecule is O=C(O)c1ccccc1SCCCSCCO. The Morgan fingerprint density at radius 3 is 2.65 bits per heavy atom. The molecule has 0 saturated carbocycles. The van der Waals surface area contributed by atoms with Crippen LogP contribution in [0.3, 0.4) is 0 Å². The number of aromatic carboxylic acids is 1. The molecule has 0 aliphatic rings. The summed E-state index contributed by atoms with van der Waals surface area (Å²) in [5, 5.41) is 17.6. The average molecular weight is 272 g/mol. The van der Waals surface area contributed by atoms with Crippen LogP contribution in [0.15, 0.2) is 29.2 Å². The van der Waals surface area contributed by atoms with Crippen molar-refractivity contribution in [2.24, 2.45) is 0 Å². The molecule has 1 rings (SSSR count). The molecule has 0 aliphatic heterocycles. The molecule has 3 nitrogen and oxygen atoms in total. The molecule has 0 aromatic heterocycles. The molecule has 5 heteroatoms. The van der Waals surface area contributed by atoms with E-state index >= 15 is 0 Å². The Bertz CT molecular complexity index is 355. The lowest BCUT2D eigenvalue weighted by molar-refractivity contribution is 0.0693. The first-order valence-corrected chi connectivity index (χ1v) is 7.53. The van der Waals surface area contributed by atoms with E-state index in [-0.39, 0.29) is 6.61 Å². The second-order valence-corrected chi connectivity index (χ2v) is 5.70. The highest BCUT2D eigenvalue weighted by molar-refractivity contribution is 8.00. The molecule has 0 radical (unpaired) electrons. The van der Waals surface area contributed by atoms with Gasteiger partial charge in [-0.25, -0.2) is 4.79 Å². The van der Waals surface area contributed by atoms with E-state index in [1.54, 1.807) is 35.7 Å². The van der Waals surface area contributed by atoms with Gasteiger partial charge in [-0.2, -0.15) is 11.8 Å². The largest absolute Gasteiger partial charge is 0.478 e. The van der Waals surface area contributed by atoms with Crippen LogP contribution in [0.5, 0.6) is 0 Å². The van der Waals surface area contributed by atoms with Gasteiger partial charge in [-0.3, -0.25) is 0 Å². The first-order valence-electron chi connectivity index (χ1n) is 5.39. The van der Waals surface area contributed by atoms with E-state index in [4.69, 9.17) is 10.2 Å². The fourth-order valence-electron chi connectivity index (χ4n) is 1.28. The molecule has 0 unspecified atom stereocenters. The van der Waals surface area contributed by atoms with Gasteiger partial charge in [0.15, 0.2) is 0 Å². The van der Waals surface area contributed by atoms with E-state index < -0.39 is 5.97 Å². The zero-order valence-corrected chi connectivity index (χ0v) is 11.1. The predicted octanol–water partition coefficient (Wildman–Crippen LogP) is 2.59. The summed E-state index contributed by atoms with van der Waals surface area (Å²) < 4.78 is 0. The van der Waals surface area contributed by atoms with Crippen LogP contribution in [0, 0.1) is 0 Å². The van der Waals surface area contributed by atoms with E-state index in [1.807, 2.05) is 12.1 Å². The van der Waals surface area contributed by atoms with Gasteiger partial charge < -0.3 is 10.2 Å². The molecule has 17 heavy (non-hydrogen) atoms. The Morgan fingerprint density at radius 1 is 1.18 bits per heavy atom. The van der Waals surface area contributed by atoms with Crippen molar-refractivity contribution in [3.05, 3.63) is 29.8 Å². The Kier molecular flexibility index (Phi) is 7.16. The predicted molar refractivity (Wildman–Crippen MR) is 73.2 cm³/mol. The van der Waals surface area contributed by atoms with Crippen molar-refractivity contribution >= 4 is 29.5 Å². The first kappa shape index (κ1) is 14.4. The van der Waals surface area contributed by atoms with Crippen molar-refractivity contribution in [1.29, 1.82) is 0 Å². The van der Waals surface area contributed by atoms with Crippen LogP contribution in [-0.4, -0.2) is 40.0 Å². The minimum absolute atomic E-state index is 0.222. The monoisotopic (exact) mass is 272 g/mol. The topological polar surface area (TPSA) is 57.5 Å². The van der Waals surface area contributed by atoms with Crippen LogP contribution in [0.25, 0.3) is 0 Å². The van der Waals surface area contributed by atoms with Crippen molar-refractivity contribution < 1.29 is 15.0 Å². The van der Waals surface area contributed by atoms with Gasteiger partial charge in [-0.1, -0.05) is 12.1 Å². The molecule has 0 amide bonds. The third-order valence-corrected chi connectivity index (χ3v) is 4.25. The Morgan fingerprint density at radius 2 is 1.94 bits per heavy atom. The Balaban J connectivity index is 2.34. The molecule has 0 fully saturated rings. The number of hydrogen-bond donors (Lipinski definition) is 2. The van der Waals surface area contributed by atoms with Crippen LogP contribution in [0.1, 0.15) is 16.8 Å². The number of thioether (sulfide) groups is 2. The number of rotatable bonds is 8. The third-order valence-electron chi connectivity index (χ3n) is 2.04. The summed E-state index contributed by atoms with van der Waals surface area (Å²) >= 11 is 3.30. The molecule has 0 spiro atoms. The highest BCUT2D eigenvalue weighted by atomic mass is 32.2. The molecule has 0 atom stereocenters. The minimum atomic E-state index is -0.872. The van der Waals surface area contributed by atoms with E-state index in [9.17, 15) is 4.79 Å². The van der Waals surface area contributed by atoms with E-state index in [0.29, 0.717) is 5.56 Å². The molecular formula is C12H16O3S2. The van der Waals surface area contributed by atoms with Crippen molar-refractivity contribution in [3.63, 3.8) is 0 Å². The molecule has 0 bridgehead atoms. The summed E-state index contributed by atoms with van der Waals surface area (Å²) in [4.78, 5) is 11.8. The number of benzene rings is 1. The van der Waals surface area contributed by atoms with Crippen molar-refractivity contribution in [2.75, 3.05) is 23.9 Å². The molecule has 1 aromatic rings. The maximum atomic E-state index is 11.0. The zero-order valence-electron chi connectivity index (χ0n) is 9.46. The summed E-state index contributed by atoms with van der Waals surface area (Å²) in [6.07, 6.45) is 1.02. The Hall–Kier alpha value is -0.650. The van der Waals surface area contributed by atoms with Crippen LogP contribution in [0.4, 0.5) is 0 Å². The van der Waals surface area contributed by atoms with Crippen LogP contribution in [0.2, 0.25) is 0 Å². The lowest BCUT2D eigenvalue weighted by atomic mass is 10.2. The first-order chi connectivity index (χ1) is 8.25. The molecule has 0 heterocycles. The molecular weight excluding hydrogens is 256 g/mol. The van der Waals surface area contributed by atoms with Gasteiger partial charge in [0.05, 0.1) is 12.2 Å². The van der Waals surface area contributed by atoms with E-state index in [1.165, 1.54) is 0 Å². The number of carboxylic acid groups (broad SMARTS) is 1. The standard InChI is InChI=1S/C12H16O3S2/c13-6-9-16-7-3-8-17-11-5-2-1-4-10(11)12(14)15/h1-2,4-5,13H,3,6-9H2,(H,14,15). The van der Waals surface area contributed by atoms with Crippen molar-refractivity contribution in [3.8, 4) is 0 Å². The third kappa shape index (κ3) is 5.48. The van der Waals surface area contributed by atoms with Crippen LogP contribution >= 0.6 is 23.5 Å². The summed E-state index contributed by atoms with van der Waals surface area (Å²) in [5.41, 5.74) is 0.375. The van der Waals surface area contributed by atoms with Gasteiger partial charge in [0, 0.05) is 10.6 Å². The fourth-order valence-corrected chi connectivity index (χ4v) is 3.14. The molecule has 94 valence electrons. The summed E-state index contributed by atoms with van der Waals surface area (Å²) in [6.45, 7) is 0.222. The smallest absolute Gasteiger partial charge is 0.336 e. The van der Waals surface area contributed by atoms with Gasteiger partial charge in [-0.05, 0) is 30.1 Å². The molecule has 2 N–H and O–H groups in total. The van der Waals surface area contributed by atoms with Gasteiger partial charge in [0.25, 0.3) is 0 Å². The summed E-state index contributed by atoms with van der Waals surface area (Å²) in [5.74, 6) is 1.81. The van der Waals surface area contributed by atoms with E-state index in [0.717, 1.165) is 28.6 Å². The zero-order chi connectivity index (χ0) is 12.5. The maximum Gasteiger partial charge on any atom is 0.336 e. The van der Waals surface area contributed by atoms with E-state index in [2.05, 4.69) is 0 Å². The normalized spacial score (nSPS) is 10.4. The number of carbonyl (C=O) groups is 1. The number of aliphatic hydroxyl groups is 1. The number of aliphatic hydroxyl groups excluding tert-OH is 1. The summed E-state index contributed by atoms with van der Waals surface area (Å²) in [7, 11) is 0. The highest BCUT2D eigenvalue weighted by Crippen LogP contribution is 2.23. The number of hydrogen-bond acceptors (Lipinski definition) is 4. The lowest BCUT2D eigenvalue weighted by Crippen LogP contribution is -1.98. The lowest BCUT2D eigenvalue weighted by Gasteiger charge is -2.05. The fraction of sp³-hybridized carbons (Fsp3) is 0.417. The van der Waals surface area contributed by atoms with Crippen LogP contribution in [-0.2, 0) is 0 Å².